The number of alkyl halides is 1. The van der Waals surface area contributed by atoms with E-state index >= 15 is 0 Å². The summed E-state index contributed by atoms with van der Waals surface area (Å²) < 4.78 is 5.79. The van der Waals surface area contributed by atoms with Crippen LogP contribution >= 0.6 is 23.4 Å². The Morgan fingerprint density at radius 3 is 2.61 bits per heavy atom. The molecule has 2 heterocycles. The van der Waals surface area contributed by atoms with Crippen LogP contribution in [0.25, 0.3) is 0 Å². The van der Waals surface area contributed by atoms with Crippen molar-refractivity contribution in [2.45, 2.75) is 93.3 Å². The molecule has 28 heavy (non-hydrogen) atoms. The number of carbonyl (C=O) groups is 1. The summed E-state index contributed by atoms with van der Waals surface area (Å²) in [5, 5.41) is 36.3. The molecule has 164 valence electrons. The quantitative estimate of drug-likeness (QED) is 0.268. The lowest BCUT2D eigenvalue weighted by Gasteiger charge is -2.44. The van der Waals surface area contributed by atoms with Crippen LogP contribution in [-0.4, -0.2) is 81.3 Å². The summed E-state index contributed by atoms with van der Waals surface area (Å²) >= 11 is 7.54. The number of aliphatic hydroxyl groups is 3. The molecule has 2 aliphatic rings. The highest BCUT2D eigenvalue weighted by Gasteiger charge is 2.48. The molecule has 8 unspecified atom stereocenters. The summed E-state index contributed by atoms with van der Waals surface area (Å²) in [5.41, 5.74) is -0.703. The second-order valence-corrected chi connectivity index (χ2v) is 9.57. The number of amides is 1. The fraction of sp³-hybridized carbons (Fsp3) is 0.947. The number of ether oxygens (including phenoxy) is 1. The molecule has 0 saturated carbocycles. The van der Waals surface area contributed by atoms with Crippen LogP contribution in [0.4, 0.5) is 0 Å². The second kappa shape index (κ2) is 11.3. The largest absolute Gasteiger partial charge is 0.388 e. The average molecular weight is 439 g/mol. The van der Waals surface area contributed by atoms with Gasteiger partial charge in [-0.25, -0.2) is 0 Å². The van der Waals surface area contributed by atoms with E-state index < -0.39 is 41.3 Å². The third-order valence-corrected chi connectivity index (χ3v) is 6.88. The lowest BCUT2D eigenvalue weighted by atomic mass is 9.92. The highest BCUT2D eigenvalue weighted by Crippen LogP contribution is 2.30. The van der Waals surface area contributed by atoms with Crippen LogP contribution in [0, 0.1) is 5.92 Å². The highest BCUT2D eigenvalue weighted by atomic mass is 35.5. The van der Waals surface area contributed by atoms with Gasteiger partial charge in [-0.15, -0.1) is 23.4 Å². The molecule has 2 rings (SSSR count). The Morgan fingerprint density at radius 2 is 2.00 bits per heavy atom. The van der Waals surface area contributed by atoms with Crippen molar-refractivity contribution in [1.29, 1.82) is 0 Å². The number of hydrogen-bond acceptors (Lipinski definition) is 7. The van der Waals surface area contributed by atoms with E-state index in [1.165, 1.54) is 31.0 Å². The van der Waals surface area contributed by atoms with E-state index in [1.54, 1.807) is 13.2 Å². The Morgan fingerprint density at radius 1 is 1.29 bits per heavy atom. The number of halogens is 1. The molecule has 5 N–H and O–H groups in total. The standard InChI is InChI=1S/C19H35ClN2O5S/c1-4-5-6-7-11-8-12(21-9-11)18(26)22-13(10(2)20)17-15(24)14(23)16(25)19(27-17)28-3/h10-17,19,21,23-25H,4-9H2,1-3H3,(H,22,26)/t10?,11?,12-,13?,14?,15?,16?,17?,19?/m0/s1. The van der Waals surface area contributed by atoms with E-state index in [9.17, 15) is 20.1 Å². The van der Waals surface area contributed by atoms with Crippen LogP contribution in [0.15, 0.2) is 0 Å². The van der Waals surface area contributed by atoms with Crippen LogP contribution < -0.4 is 10.6 Å². The van der Waals surface area contributed by atoms with Crippen molar-refractivity contribution in [3.63, 3.8) is 0 Å². The van der Waals surface area contributed by atoms with Crippen LogP contribution in [-0.2, 0) is 9.53 Å². The maximum absolute atomic E-state index is 12.8. The summed E-state index contributed by atoms with van der Waals surface area (Å²) in [6.45, 7) is 4.71. The molecule has 0 spiro atoms. The van der Waals surface area contributed by atoms with Gasteiger partial charge < -0.3 is 30.7 Å². The van der Waals surface area contributed by atoms with Gasteiger partial charge in [0.1, 0.15) is 29.9 Å². The molecule has 7 nitrogen and oxygen atoms in total. The van der Waals surface area contributed by atoms with Gasteiger partial charge in [0, 0.05) is 0 Å². The fourth-order valence-corrected chi connectivity index (χ4v) is 4.89. The number of rotatable bonds is 9. The van der Waals surface area contributed by atoms with Crippen molar-refractivity contribution < 1.29 is 24.9 Å². The molecule has 0 radical (unpaired) electrons. The average Bonchev–Trinajstić information content (AvgIpc) is 3.14. The lowest BCUT2D eigenvalue weighted by molar-refractivity contribution is -0.205. The van der Waals surface area contributed by atoms with Gasteiger partial charge in [0.25, 0.3) is 0 Å². The van der Waals surface area contributed by atoms with Gasteiger partial charge >= 0.3 is 0 Å². The summed E-state index contributed by atoms with van der Waals surface area (Å²) in [6, 6.07) is -0.987. The number of unbranched alkanes of at least 4 members (excludes halogenated alkanes) is 2. The maximum atomic E-state index is 12.8. The monoisotopic (exact) mass is 438 g/mol. The molecule has 0 aromatic carbocycles. The normalized spacial score (nSPS) is 38.2. The first-order valence-electron chi connectivity index (χ1n) is 10.2. The molecule has 9 heteroatoms. The maximum Gasteiger partial charge on any atom is 0.237 e. The van der Waals surface area contributed by atoms with Crippen molar-refractivity contribution in [2.75, 3.05) is 12.8 Å². The van der Waals surface area contributed by atoms with Gasteiger partial charge in [-0.2, -0.15) is 0 Å². The lowest BCUT2D eigenvalue weighted by Crippen LogP contribution is -2.65. The Balaban J connectivity index is 1.98. The van der Waals surface area contributed by atoms with Gasteiger partial charge in [-0.3, -0.25) is 4.79 Å². The minimum atomic E-state index is -1.36. The van der Waals surface area contributed by atoms with E-state index in [-0.39, 0.29) is 11.9 Å². The number of nitrogens with one attached hydrogen (secondary N) is 2. The van der Waals surface area contributed by atoms with Crippen molar-refractivity contribution in [3.05, 3.63) is 0 Å². The van der Waals surface area contributed by atoms with Gasteiger partial charge in [0.05, 0.1) is 17.5 Å². The van der Waals surface area contributed by atoms with Crippen LogP contribution in [0.2, 0.25) is 0 Å². The van der Waals surface area contributed by atoms with E-state index in [0.717, 1.165) is 19.4 Å². The molecule has 2 fully saturated rings. The third-order valence-electron chi connectivity index (χ3n) is 5.75. The Hall–Kier alpha value is -0.0900. The Labute approximate surface area is 176 Å². The summed E-state index contributed by atoms with van der Waals surface area (Å²) in [6.07, 6.45) is 2.39. The zero-order valence-corrected chi connectivity index (χ0v) is 18.5. The summed E-state index contributed by atoms with van der Waals surface area (Å²) in [7, 11) is 0. The number of hydrogen-bond donors (Lipinski definition) is 5. The van der Waals surface area contributed by atoms with E-state index in [1.807, 2.05) is 0 Å². The number of aliphatic hydroxyl groups excluding tert-OH is 3. The first-order valence-corrected chi connectivity index (χ1v) is 11.9. The minimum absolute atomic E-state index is 0.174. The zero-order valence-electron chi connectivity index (χ0n) is 16.9. The molecule has 0 aliphatic carbocycles. The van der Waals surface area contributed by atoms with Gasteiger partial charge in [-0.05, 0) is 38.5 Å². The molecule has 0 aromatic heterocycles. The molecule has 0 bridgehead atoms. The molecule has 9 atom stereocenters. The van der Waals surface area contributed by atoms with Gasteiger partial charge in [-0.1, -0.05) is 26.2 Å². The van der Waals surface area contributed by atoms with Gasteiger partial charge in [0.15, 0.2) is 0 Å². The SMILES string of the molecule is CCCCCC1CN[C@H](C(=O)NC(C(C)Cl)C2OC(SC)C(O)C(O)C2O)C1. The first-order chi connectivity index (χ1) is 13.3. The van der Waals surface area contributed by atoms with Crippen LogP contribution in [0.1, 0.15) is 46.0 Å². The summed E-state index contributed by atoms with van der Waals surface area (Å²) in [5.74, 6) is 0.316. The predicted octanol–water partition coefficient (Wildman–Crippen LogP) is 0.828. The smallest absolute Gasteiger partial charge is 0.237 e. The van der Waals surface area contributed by atoms with Crippen molar-refractivity contribution >= 4 is 29.3 Å². The molecule has 1 amide bonds. The first kappa shape index (κ1) is 24.2. The Bertz CT molecular complexity index is 499. The topological polar surface area (TPSA) is 111 Å². The number of thioether (sulfide) groups is 1. The van der Waals surface area contributed by atoms with E-state index in [2.05, 4.69) is 17.6 Å². The zero-order chi connectivity index (χ0) is 20.8. The Kier molecular flexibility index (Phi) is 9.80. The molecule has 2 saturated heterocycles. The van der Waals surface area contributed by atoms with Crippen LogP contribution in [0.5, 0.6) is 0 Å². The van der Waals surface area contributed by atoms with Crippen molar-refractivity contribution in [1.82, 2.24) is 10.6 Å². The van der Waals surface area contributed by atoms with Crippen molar-refractivity contribution in [2.24, 2.45) is 5.92 Å². The predicted molar refractivity (Wildman–Crippen MR) is 111 cm³/mol. The second-order valence-electron chi connectivity index (χ2n) is 7.95. The third kappa shape index (κ3) is 5.97. The molecule has 2 aliphatic heterocycles. The fourth-order valence-electron chi connectivity index (χ4n) is 4.00. The number of carbonyl (C=O) groups excluding carboxylic acids is 1. The molecular formula is C19H35ClN2O5S. The summed E-state index contributed by atoms with van der Waals surface area (Å²) in [4.78, 5) is 12.8. The van der Waals surface area contributed by atoms with Crippen molar-refractivity contribution in [3.8, 4) is 0 Å². The minimum Gasteiger partial charge on any atom is -0.388 e. The van der Waals surface area contributed by atoms with Gasteiger partial charge in [0.2, 0.25) is 5.91 Å². The highest BCUT2D eigenvalue weighted by molar-refractivity contribution is 7.99. The van der Waals surface area contributed by atoms with Crippen LogP contribution in [0.3, 0.4) is 0 Å². The van der Waals surface area contributed by atoms with E-state index in [0.29, 0.717) is 5.92 Å². The molecular weight excluding hydrogens is 404 g/mol. The van der Waals surface area contributed by atoms with E-state index in [4.69, 9.17) is 16.3 Å². The molecule has 0 aromatic rings.